The van der Waals surface area contributed by atoms with Gasteiger partial charge < -0.3 is 15.5 Å². The van der Waals surface area contributed by atoms with E-state index in [-0.39, 0.29) is 47.8 Å². The van der Waals surface area contributed by atoms with Gasteiger partial charge in [-0.2, -0.15) is 13.2 Å². The van der Waals surface area contributed by atoms with E-state index in [0.29, 0.717) is 0 Å². The lowest BCUT2D eigenvalue weighted by molar-refractivity contribution is -0.137. The van der Waals surface area contributed by atoms with Crippen molar-refractivity contribution in [2.45, 2.75) is 37.9 Å². The van der Waals surface area contributed by atoms with Gasteiger partial charge in [0.2, 0.25) is 11.8 Å². The van der Waals surface area contributed by atoms with E-state index in [9.17, 15) is 22.8 Å². The maximum absolute atomic E-state index is 12.9. The van der Waals surface area contributed by atoms with Crippen molar-refractivity contribution < 1.29 is 22.8 Å². The third-order valence-electron chi connectivity index (χ3n) is 6.06. The van der Waals surface area contributed by atoms with Crippen molar-refractivity contribution in [1.82, 2.24) is 10.6 Å². The van der Waals surface area contributed by atoms with Gasteiger partial charge >= 0.3 is 6.18 Å². The van der Waals surface area contributed by atoms with E-state index in [1.165, 1.54) is 17.0 Å². The van der Waals surface area contributed by atoms with Gasteiger partial charge in [0.25, 0.3) is 0 Å². The van der Waals surface area contributed by atoms with Crippen molar-refractivity contribution in [3.63, 3.8) is 0 Å². The fourth-order valence-corrected chi connectivity index (χ4v) is 4.40. The number of nitrogens with one attached hydrogen (secondary N) is 2. The summed E-state index contributed by atoms with van der Waals surface area (Å²) in [5.74, 6) is -0.301. The second-order valence-corrected chi connectivity index (χ2v) is 7.83. The van der Waals surface area contributed by atoms with Crippen LogP contribution in [0.5, 0.6) is 0 Å². The molecule has 2 aliphatic heterocycles. The smallest absolute Gasteiger partial charge is 0.351 e. The van der Waals surface area contributed by atoms with Crippen LogP contribution in [-0.2, 0) is 15.8 Å². The van der Waals surface area contributed by atoms with E-state index in [0.717, 1.165) is 44.5 Å². The summed E-state index contributed by atoms with van der Waals surface area (Å²) >= 11 is 0. The molecule has 3 aliphatic rings. The molecule has 146 valence electrons. The van der Waals surface area contributed by atoms with Crippen molar-refractivity contribution in [3.05, 3.63) is 29.8 Å². The Bertz CT molecular complexity index is 759. The molecule has 1 aromatic carbocycles. The minimum absolute atomic E-state index is 0.00249. The lowest BCUT2D eigenvalue weighted by Crippen LogP contribution is -2.40. The zero-order chi connectivity index (χ0) is 19.2. The molecule has 1 saturated carbocycles. The minimum atomic E-state index is -4.46. The molecular weight excluding hydrogens is 359 g/mol. The van der Waals surface area contributed by atoms with Gasteiger partial charge in [-0.25, -0.2) is 0 Å². The first-order valence-electron chi connectivity index (χ1n) is 9.27. The first-order chi connectivity index (χ1) is 12.8. The van der Waals surface area contributed by atoms with Crippen LogP contribution in [0.25, 0.3) is 0 Å². The van der Waals surface area contributed by atoms with Crippen LogP contribution in [0.1, 0.15) is 31.2 Å². The topological polar surface area (TPSA) is 61.4 Å². The van der Waals surface area contributed by atoms with Crippen LogP contribution >= 0.6 is 0 Å². The van der Waals surface area contributed by atoms with E-state index >= 15 is 0 Å². The lowest BCUT2D eigenvalue weighted by atomic mass is 9.91. The molecule has 0 bridgehead atoms. The van der Waals surface area contributed by atoms with Crippen LogP contribution in [0.3, 0.4) is 0 Å². The number of hydrogen-bond donors (Lipinski definition) is 2. The van der Waals surface area contributed by atoms with Crippen LogP contribution < -0.4 is 15.5 Å². The van der Waals surface area contributed by atoms with Crippen molar-refractivity contribution in [2.24, 2.45) is 11.3 Å². The molecule has 8 heteroatoms. The Hall–Kier alpha value is -2.09. The summed E-state index contributed by atoms with van der Waals surface area (Å²) < 4.78 is 38.7. The predicted molar refractivity (Wildman–Crippen MR) is 93.0 cm³/mol. The van der Waals surface area contributed by atoms with Crippen molar-refractivity contribution in [2.75, 3.05) is 24.5 Å². The normalized spacial score (nSPS) is 27.1. The van der Waals surface area contributed by atoms with Gasteiger partial charge in [-0.3, -0.25) is 9.59 Å². The molecule has 0 aromatic heterocycles. The van der Waals surface area contributed by atoms with E-state index < -0.39 is 11.7 Å². The summed E-state index contributed by atoms with van der Waals surface area (Å²) in [6, 6.07) is 4.38. The molecule has 1 spiro atoms. The molecule has 2 atom stereocenters. The number of anilines is 1. The van der Waals surface area contributed by atoms with Crippen molar-refractivity contribution in [3.8, 4) is 0 Å². The number of rotatable bonds is 3. The molecule has 0 radical (unpaired) electrons. The fraction of sp³-hybridized carbons (Fsp3) is 0.579. The number of carbonyl (C=O) groups is 2. The zero-order valence-electron chi connectivity index (χ0n) is 14.8. The number of carbonyl (C=O) groups excluding carboxylic acids is 2. The summed E-state index contributed by atoms with van der Waals surface area (Å²) in [6.07, 6.45) is -1.47. The largest absolute Gasteiger partial charge is 0.416 e. The van der Waals surface area contributed by atoms with Gasteiger partial charge in [0.15, 0.2) is 0 Å². The standard InChI is InChI=1S/C19H22F3N3O2/c20-19(21,22)12-2-1-3-14(8-12)25-11-13(9-16(25)26)24-17(27)15-10-18(15)4-6-23-7-5-18/h1-3,8,13,15,23H,4-7,9-11H2,(H,24,27). The summed E-state index contributed by atoms with van der Waals surface area (Å²) in [5, 5.41) is 6.24. The highest BCUT2D eigenvalue weighted by molar-refractivity contribution is 5.97. The van der Waals surface area contributed by atoms with Crippen molar-refractivity contribution in [1.29, 1.82) is 0 Å². The van der Waals surface area contributed by atoms with E-state index in [2.05, 4.69) is 10.6 Å². The average molecular weight is 381 g/mol. The Morgan fingerprint density at radius 1 is 1.26 bits per heavy atom. The van der Waals surface area contributed by atoms with Gasteiger partial charge in [0.05, 0.1) is 11.6 Å². The highest BCUT2D eigenvalue weighted by Crippen LogP contribution is 2.58. The molecule has 1 aliphatic carbocycles. The number of hydrogen-bond acceptors (Lipinski definition) is 3. The van der Waals surface area contributed by atoms with Crippen LogP contribution in [0.4, 0.5) is 18.9 Å². The van der Waals surface area contributed by atoms with Gasteiger partial charge in [-0.1, -0.05) is 6.07 Å². The van der Waals surface area contributed by atoms with Gasteiger partial charge in [-0.05, 0) is 56.0 Å². The molecule has 2 heterocycles. The molecule has 2 unspecified atom stereocenters. The molecule has 5 nitrogen and oxygen atoms in total. The number of alkyl halides is 3. The lowest BCUT2D eigenvalue weighted by Gasteiger charge is -2.23. The summed E-state index contributed by atoms with van der Waals surface area (Å²) in [6.45, 7) is 2.05. The number of amides is 2. The molecule has 2 amide bonds. The molecular formula is C19H22F3N3O2. The molecule has 1 aromatic rings. The maximum atomic E-state index is 12.9. The third-order valence-corrected chi connectivity index (χ3v) is 6.06. The number of piperidine rings is 1. The molecule has 2 saturated heterocycles. The minimum Gasteiger partial charge on any atom is -0.351 e. The monoisotopic (exact) mass is 381 g/mol. The van der Waals surface area contributed by atoms with Crippen LogP contribution in [0.2, 0.25) is 0 Å². The Balaban J connectivity index is 1.39. The first kappa shape index (κ1) is 18.3. The second kappa shape index (κ2) is 6.51. The average Bonchev–Trinajstić information content (AvgIpc) is 3.19. The predicted octanol–water partition coefficient (Wildman–Crippen LogP) is 2.32. The third kappa shape index (κ3) is 3.54. The summed E-state index contributed by atoms with van der Waals surface area (Å²) in [7, 11) is 0. The Morgan fingerprint density at radius 2 is 2.00 bits per heavy atom. The molecule has 4 rings (SSSR count). The van der Waals surface area contributed by atoms with Gasteiger partial charge in [-0.15, -0.1) is 0 Å². The van der Waals surface area contributed by atoms with E-state index in [4.69, 9.17) is 0 Å². The highest BCUT2D eigenvalue weighted by Gasteiger charge is 2.58. The zero-order valence-corrected chi connectivity index (χ0v) is 14.8. The van der Waals surface area contributed by atoms with E-state index in [1.54, 1.807) is 0 Å². The molecule has 27 heavy (non-hydrogen) atoms. The second-order valence-electron chi connectivity index (χ2n) is 7.83. The highest BCUT2D eigenvalue weighted by atomic mass is 19.4. The van der Waals surface area contributed by atoms with Gasteiger partial charge in [0, 0.05) is 24.6 Å². The van der Waals surface area contributed by atoms with E-state index in [1.807, 2.05) is 0 Å². The quantitative estimate of drug-likeness (QED) is 0.845. The molecule has 3 fully saturated rings. The maximum Gasteiger partial charge on any atom is 0.416 e. The Labute approximate surface area is 155 Å². The van der Waals surface area contributed by atoms with Crippen LogP contribution in [0, 0.1) is 11.3 Å². The van der Waals surface area contributed by atoms with Crippen LogP contribution in [-0.4, -0.2) is 37.5 Å². The fourth-order valence-electron chi connectivity index (χ4n) is 4.40. The SMILES string of the molecule is O=C(NC1CC(=O)N(c2cccc(C(F)(F)F)c2)C1)C1CC12CCNCC2. The summed E-state index contributed by atoms with van der Waals surface area (Å²) in [4.78, 5) is 26.2. The Kier molecular flexibility index (Phi) is 4.41. The molecule has 2 N–H and O–H groups in total. The summed E-state index contributed by atoms with van der Waals surface area (Å²) in [5.41, 5.74) is -0.461. The number of halogens is 3. The number of benzene rings is 1. The Morgan fingerprint density at radius 3 is 2.70 bits per heavy atom. The number of nitrogens with zero attached hydrogens (tertiary/aromatic N) is 1. The van der Waals surface area contributed by atoms with Crippen LogP contribution in [0.15, 0.2) is 24.3 Å². The van der Waals surface area contributed by atoms with Crippen molar-refractivity contribution >= 4 is 17.5 Å². The van der Waals surface area contributed by atoms with Gasteiger partial charge in [0.1, 0.15) is 0 Å². The first-order valence-corrected chi connectivity index (χ1v) is 9.27.